The molecular weight excluding hydrogens is 200 g/mol. The number of rotatable bonds is 9. The summed E-state index contributed by atoms with van der Waals surface area (Å²) in [4.78, 5) is 9.25. The van der Waals surface area contributed by atoms with Gasteiger partial charge < -0.3 is 5.11 Å². The van der Waals surface area contributed by atoms with Crippen LogP contribution in [-0.4, -0.2) is 11.1 Å². The lowest BCUT2D eigenvalue weighted by atomic mass is 10.1. The van der Waals surface area contributed by atoms with Crippen molar-refractivity contribution < 1.29 is 9.90 Å². The largest absolute Gasteiger partial charge is 0.478 e. The molecule has 0 aromatic rings. The number of hydrogen-bond donors (Lipinski definition) is 1. The first-order valence-electron chi connectivity index (χ1n) is 6.54. The molecular formula is C14H28O2. The van der Waals surface area contributed by atoms with E-state index in [0.29, 0.717) is 0 Å². The van der Waals surface area contributed by atoms with E-state index in [9.17, 15) is 4.79 Å². The molecule has 2 nitrogen and oxygen atoms in total. The molecule has 2 heteroatoms. The number of carboxylic acids is 1. The average molecular weight is 228 g/mol. The topological polar surface area (TPSA) is 37.3 Å². The third-order valence-corrected chi connectivity index (χ3v) is 2.38. The van der Waals surface area contributed by atoms with Gasteiger partial charge in [-0.3, -0.25) is 0 Å². The number of aliphatic carboxylic acids is 1. The summed E-state index contributed by atoms with van der Waals surface area (Å²) in [5.41, 5.74) is 0. The van der Waals surface area contributed by atoms with Gasteiger partial charge >= 0.3 is 5.97 Å². The lowest BCUT2D eigenvalue weighted by Gasteiger charge is -1.98. The van der Waals surface area contributed by atoms with E-state index in [1.807, 2.05) is 0 Å². The molecule has 0 aromatic carbocycles. The number of carboxylic acid groups (broad SMARTS) is 1. The van der Waals surface area contributed by atoms with Crippen molar-refractivity contribution in [3.8, 4) is 0 Å². The molecule has 0 rings (SSSR count). The fourth-order valence-electron chi connectivity index (χ4n) is 1.38. The Hall–Kier alpha value is -0.790. The molecule has 0 aliphatic rings. The molecule has 0 spiro atoms. The van der Waals surface area contributed by atoms with Crippen molar-refractivity contribution in [2.24, 2.45) is 0 Å². The Morgan fingerprint density at radius 2 is 1.19 bits per heavy atom. The van der Waals surface area contributed by atoms with Gasteiger partial charge in [0.1, 0.15) is 0 Å². The standard InChI is InChI=1S/C11H24.C3H4O2/c1-3-5-7-9-11-10-8-6-4-2;1-2-3(4)5/h3-11H2,1-2H3;2H,1H2,(H,4,5). The molecule has 0 radical (unpaired) electrons. The third kappa shape index (κ3) is 23.2. The van der Waals surface area contributed by atoms with Gasteiger partial charge in [0.25, 0.3) is 0 Å². The fourth-order valence-corrected chi connectivity index (χ4v) is 1.38. The predicted octanol–water partition coefficient (Wildman–Crippen LogP) is 4.79. The second kappa shape index (κ2) is 16.6. The quantitative estimate of drug-likeness (QED) is 0.455. The fraction of sp³-hybridized carbons (Fsp3) is 0.786. The summed E-state index contributed by atoms with van der Waals surface area (Å²) in [5, 5.41) is 7.60. The van der Waals surface area contributed by atoms with Gasteiger partial charge in [-0.25, -0.2) is 4.79 Å². The van der Waals surface area contributed by atoms with Gasteiger partial charge in [0.15, 0.2) is 0 Å². The van der Waals surface area contributed by atoms with Crippen LogP contribution < -0.4 is 0 Å². The van der Waals surface area contributed by atoms with Crippen LogP contribution in [0.25, 0.3) is 0 Å². The van der Waals surface area contributed by atoms with Crippen LogP contribution in [-0.2, 0) is 4.79 Å². The molecule has 0 saturated carbocycles. The molecule has 0 aliphatic heterocycles. The molecule has 0 unspecified atom stereocenters. The minimum Gasteiger partial charge on any atom is -0.478 e. The molecule has 0 fully saturated rings. The van der Waals surface area contributed by atoms with Crippen molar-refractivity contribution in [2.75, 3.05) is 0 Å². The lowest BCUT2D eigenvalue weighted by molar-refractivity contribution is -0.131. The van der Waals surface area contributed by atoms with E-state index < -0.39 is 5.97 Å². The molecule has 0 atom stereocenters. The zero-order chi connectivity index (χ0) is 12.6. The maximum absolute atomic E-state index is 9.25. The van der Waals surface area contributed by atoms with Gasteiger partial charge in [-0.15, -0.1) is 0 Å². The third-order valence-electron chi connectivity index (χ3n) is 2.38. The SMILES string of the molecule is C=CC(=O)O.CCCCCCCCCCC. The minimum atomic E-state index is -0.981. The van der Waals surface area contributed by atoms with Gasteiger partial charge in [-0.05, 0) is 0 Å². The van der Waals surface area contributed by atoms with Gasteiger partial charge in [0.05, 0.1) is 0 Å². The Labute approximate surface area is 101 Å². The van der Waals surface area contributed by atoms with E-state index in [0.717, 1.165) is 6.08 Å². The van der Waals surface area contributed by atoms with Crippen molar-refractivity contribution in [3.63, 3.8) is 0 Å². The molecule has 16 heavy (non-hydrogen) atoms. The first-order valence-corrected chi connectivity index (χ1v) is 6.54. The summed E-state index contributed by atoms with van der Waals surface area (Å²) in [7, 11) is 0. The smallest absolute Gasteiger partial charge is 0.327 e. The highest BCUT2D eigenvalue weighted by Gasteiger charge is 1.88. The highest BCUT2D eigenvalue weighted by atomic mass is 16.4. The Bertz CT molecular complexity index is 145. The van der Waals surface area contributed by atoms with E-state index in [1.165, 1.54) is 57.8 Å². The van der Waals surface area contributed by atoms with E-state index >= 15 is 0 Å². The van der Waals surface area contributed by atoms with Crippen molar-refractivity contribution in [1.82, 2.24) is 0 Å². The average Bonchev–Trinajstić information content (AvgIpc) is 2.29. The molecule has 1 N–H and O–H groups in total. The van der Waals surface area contributed by atoms with Crippen molar-refractivity contribution >= 4 is 5.97 Å². The predicted molar refractivity (Wildman–Crippen MR) is 70.7 cm³/mol. The van der Waals surface area contributed by atoms with Gasteiger partial charge in [0, 0.05) is 6.08 Å². The number of hydrogen-bond acceptors (Lipinski definition) is 1. The monoisotopic (exact) mass is 228 g/mol. The Balaban J connectivity index is 0. The van der Waals surface area contributed by atoms with Crippen LogP contribution in [0.4, 0.5) is 0 Å². The normalized spacial score (nSPS) is 9.12. The molecule has 0 heterocycles. The molecule has 0 saturated heterocycles. The van der Waals surface area contributed by atoms with Gasteiger partial charge in [0.2, 0.25) is 0 Å². The highest BCUT2D eigenvalue weighted by Crippen LogP contribution is 2.08. The van der Waals surface area contributed by atoms with E-state index in [-0.39, 0.29) is 0 Å². The zero-order valence-corrected chi connectivity index (χ0v) is 11.0. The number of unbranched alkanes of at least 4 members (excludes halogenated alkanes) is 8. The Morgan fingerprint density at radius 1 is 0.938 bits per heavy atom. The summed E-state index contributed by atoms with van der Waals surface area (Å²) >= 11 is 0. The molecule has 0 amide bonds. The van der Waals surface area contributed by atoms with Crippen LogP contribution >= 0.6 is 0 Å². The van der Waals surface area contributed by atoms with Crippen LogP contribution in [0.15, 0.2) is 12.7 Å². The first-order chi connectivity index (χ1) is 7.68. The van der Waals surface area contributed by atoms with Crippen molar-refractivity contribution in [1.29, 1.82) is 0 Å². The van der Waals surface area contributed by atoms with Crippen LogP contribution in [0.3, 0.4) is 0 Å². The summed E-state index contributed by atoms with van der Waals surface area (Å²) in [6.07, 6.45) is 13.8. The molecule has 0 aliphatic carbocycles. The van der Waals surface area contributed by atoms with Crippen molar-refractivity contribution in [3.05, 3.63) is 12.7 Å². The second-order valence-electron chi connectivity index (χ2n) is 4.02. The molecule has 96 valence electrons. The Morgan fingerprint density at radius 3 is 1.38 bits per heavy atom. The van der Waals surface area contributed by atoms with Crippen molar-refractivity contribution in [2.45, 2.75) is 71.6 Å². The number of carbonyl (C=O) groups is 1. The zero-order valence-electron chi connectivity index (χ0n) is 11.0. The Kier molecular flexibility index (Phi) is 18.3. The maximum Gasteiger partial charge on any atom is 0.327 e. The lowest BCUT2D eigenvalue weighted by Crippen LogP contribution is -1.82. The van der Waals surface area contributed by atoms with Crippen LogP contribution in [0.2, 0.25) is 0 Å². The van der Waals surface area contributed by atoms with Crippen LogP contribution in [0, 0.1) is 0 Å². The van der Waals surface area contributed by atoms with Gasteiger partial charge in [-0.1, -0.05) is 78.2 Å². The molecule has 0 bridgehead atoms. The van der Waals surface area contributed by atoms with Crippen LogP contribution in [0.1, 0.15) is 71.6 Å². The summed E-state index contributed by atoms with van der Waals surface area (Å²) < 4.78 is 0. The van der Waals surface area contributed by atoms with E-state index in [2.05, 4.69) is 20.4 Å². The summed E-state index contributed by atoms with van der Waals surface area (Å²) in [5.74, 6) is -0.981. The van der Waals surface area contributed by atoms with E-state index in [4.69, 9.17) is 5.11 Å². The summed E-state index contributed by atoms with van der Waals surface area (Å²) in [6.45, 7) is 7.51. The first kappa shape index (κ1) is 17.6. The maximum atomic E-state index is 9.25. The second-order valence-corrected chi connectivity index (χ2v) is 4.02. The van der Waals surface area contributed by atoms with Gasteiger partial charge in [-0.2, -0.15) is 0 Å². The van der Waals surface area contributed by atoms with Crippen LogP contribution in [0.5, 0.6) is 0 Å². The highest BCUT2D eigenvalue weighted by molar-refractivity contribution is 5.78. The molecule has 0 aromatic heterocycles. The van der Waals surface area contributed by atoms with E-state index in [1.54, 1.807) is 0 Å². The minimum absolute atomic E-state index is 0.833. The summed E-state index contributed by atoms with van der Waals surface area (Å²) in [6, 6.07) is 0.